The number of benzene rings is 1. The van der Waals surface area contributed by atoms with E-state index in [2.05, 4.69) is 4.98 Å². The van der Waals surface area contributed by atoms with Gasteiger partial charge in [0.1, 0.15) is 0 Å². The van der Waals surface area contributed by atoms with Crippen LogP contribution >= 0.6 is 0 Å². The lowest BCUT2D eigenvalue weighted by Gasteiger charge is -2.22. The van der Waals surface area contributed by atoms with Gasteiger partial charge < -0.3 is 10.7 Å². The van der Waals surface area contributed by atoms with Gasteiger partial charge in [-0.25, -0.2) is 0 Å². The lowest BCUT2D eigenvalue weighted by Crippen LogP contribution is -2.34. The Morgan fingerprint density at radius 3 is 2.69 bits per heavy atom. The zero-order valence-electron chi connectivity index (χ0n) is 9.58. The summed E-state index contributed by atoms with van der Waals surface area (Å²) < 4.78 is 0. The van der Waals surface area contributed by atoms with E-state index < -0.39 is 0 Å². The zero-order chi connectivity index (χ0) is 11.8. The van der Waals surface area contributed by atoms with Gasteiger partial charge >= 0.3 is 0 Å². The molecule has 0 spiro atoms. The number of hydrogen-bond acceptors (Lipinski definition) is 2. The number of hydrogen-bond donors (Lipinski definition) is 2. The molecule has 0 radical (unpaired) electrons. The van der Waals surface area contributed by atoms with E-state index in [0.29, 0.717) is 6.54 Å². The van der Waals surface area contributed by atoms with E-state index in [1.165, 1.54) is 0 Å². The van der Waals surface area contributed by atoms with Crippen LogP contribution in [-0.4, -0.2) is 11.5 Å². The Kier molecular flexibility index (Phi) is 2.56. The minimum Gasteiger partial charge on any atom is -0.330 e. The lowest BCUT2D eigenvalue weighted by atomic mass is 9.85. The van der Waals surface area contributed by atoms with Crippen LogP contribution in [0, 0.1) is 0 Å². The van der Waals surface area contributed by atoms with Gasteiger partial charge in [0.25, 0.3) is 5.56 Å². The molecule has 0 atom stereocenters. The molecule has 0 amide bonds. The highest BCUT2D eigenvalue weighted by molar-refractivity contribution is 5.78. The Labute approximate surface area is 94.3 Å². The first kappa shape index (κ1) is 10.9. The fourth-order valence-corrected chi connectivity index (χ4v) is 1.76. The van der Waals surface area contributed by atoms with Crippen molar-refractivity contribution in [2.75, 3.05) is 6.54 Å². The van der Waals surface area contributed by atoms with E-state index in [1.807, 2.05) is 44.2 Å². The van der Waals surface area contributed by atoms with Crippen LogP contribution in [-0.2, 0) is 5.41 Å². The summed E-state index contributed by atoms with van der Waals surface area (Å²) in [6.45, 7) is 4.41. The van der Waals surface area contributed by atoms with Gasteiger partial charge in [0.15, 0.2) is 0 Å². The summed E-state index contributed by atoms with van der Waals surface area (Å²) in [7, 11) is 0. The molecule has 3 N–H and O–H groups in total. The number of nitrogens with two attached hydrogens (primary N) is 1. The Hall–Kier alpha value is -1.61. The van der Waals surface area contributed by atoms with Crippen molar-refractivity contribution in [3.8, 4) is 0 Å². The van der Waals surface area contributed by atoms with E-state index in [4.69, 9.17) is 5.73 Å². The first-order valence-corrected chi connectivity index (χ1v) is 5.37. The van der Waals surface area contributed by atoms with Crippen LogP contribution in [0.3, 0.4) is 0 Å². The molecule has 3 nitrogen and oxygen atoms in total. The summed E-state index contributed by atoms with van der Waals surface area (Å²) in [5.74, 6) is 0. The SMILES string of the molecule is CC(C)(CN)c1cc2ccccc2[nH]c1=O. The molecule has 84 valence electrons. The topological polar surface area (TPSA) is 58.9 Å². The van der Waals surface area contributed by atoms with Gasteiger partial charge in [-0.05, 0) is 17.5 Å². The summed E-state index contributed by atoms with van der Waals surface area (Å²) >= 11 is 0. The number of aromatic nitrogens is 1. The maximum Gasteiger partial charge on any atom is 0.252 e. The molecule has 16 heavy (non-hydrogen) atoms. The van der Waals surface area contributed by atoms with E-state index >= 15 is 0 Å². The summed E-state index contributed by atoms with van der Waals surface area (Å²) in [6.07, 6.45) is 0. The maximum absolute atomic E-state index is 11.9. The molecule has 0 fully saturated rings. The van der Waals surface area contributed by atoms with Gasteiger partial charge in [0.05, 0.1) is 0 Å². The summed E-state index contributed by atoms with van der Waals surface area (Å²) in [5.41, 5.74) is 6.97. The van der Waals surface area contributed by atoms with Crippen LogP contribution < -0.4 is 11.3 Å². The lowest BCUT2D eigenvalue weighted by molar-refractivity contribution is 0.533. The van der Waals surface area contributed by atoms with Crippen LogP contribution in [0.15, 0.2) is 35.1 Å². The van der Waals surface area contributed by atoms with E-state index in [9.17, 15) is 4.79 Å². The van der Waals surface area contributed by atoms with Crippen molar-refractivity contribution in [1.29, 1.82) is 0 Å². The average molecular weight is 216 g/mol. The molecule has 0 unspecified atom stereocenters. The Morgan fingerprint density at radius 1 is 1.31 bits per heavy atom. The molecule has 0 aliphatic rings. The number of pyridine rings is 1. The predicted octanol–water partition coefficient (Wildman–Crippen LogP) is 1.76. The van der Waals surface area contributed by atoms with Crippen molar-refractivity contribution < 1.29 is 0 Å². The molecule has 0 aliphatic heterocycles. The maximum atomic E-state index is 11.9. The van der Waals surface area contributed by atoms with Crippen LogP contribution in [0.5, 0.6) is 0 Å². The molecule has 2 aromatic rings. The number of nitrogens with one attached hydrogen (secondary N) is 1. The second kappa shape index (κ2) is 3.76. The third-order valence-electron chi connectivity index (χ3n) is 2.99. The second-order valence-electron chi connectivity index (χ2n) is 4.69. The summed E-state index contributed by atoms with van der Waals surface area (Å²) in [6, 6.07) is 9.68. The van der Waals surface area contributed by atoms with Crippen LogP contribution in [0.1, 0.15) is 19.4 Å². The highest BCUT2D eigenvalue weighted by Gasteiger charge is 2.22. The molecule has 0 saturated carbocycles. The quantitative estimate of drug-likeness (QED) is 0.803. The summed E-state index contributed by atoms with van der Waals surface area (Å²) in [5, 5.41) is 1.04. The van der Waals surface area contributed by atoms with E-state index in [0.717, 1.165) is 16.5 Å². The Bertz CT molecular complexity index is 569. The van der Waals surface area contributed by atoms with E-state index in [-0.39, 0.29) is 11.0 Å². The van der Waals surface area contributed by atoms with Crippen molar-refractivity contribution in [3.63, 3.8) is 0 Å². The molecule has 1 aromatic carbocycles. The normalized spacial score (nSPS) is 11.9. The molecule has 3 heteroatoms. The summed E-state index contributed by atoms with van der Waals surface area (Å²) in [4.78, 5) is 14.8. The standard InChI is InChI=1S/C13H16N2O/c1-13(2,8-14)10-7-9-5-3-4-6-11(9)15-12(10)16/h3-7H,8,14H2,1-2H3,(H,15,16). The monoisotopic (exact) mass is 216 g/mol. The molecule has 0 saturated heterocycles. The number of para-hydroxylation sites is 1. The third kappa shape index (κ3) is 1.74. The van der Waals surface area contributed by atoms with Crippen molar-refractivity contribution >= 4 is 10.9 Å². The van der Waals surface area contributed by atoms with Crippen LogP contribution in [0.25, 0.3) is 10.9 Å². The smallest absolute Gasteiger partial charge is 0.252 e. The largest absolute Gasteiger partial charge is 0.330 e. The predicted molar refractivity (Wildman–Crippen MR) is 66.6 cm³/mol. The van der Waals surface area contributed by atoms with Gasteiger partial charge in [-0.3, -0.25) is 4.79 Å². The van der Waals surface area contributed by atoms with Gasteiger partial charge in [0.2, 0.25) is 0 Å². The minimum atomic E-state index is -0.294. The molecule has 0 bridgehead atoms. The van der Waals surface area contributed by atoms with Gasteiger partial charge in [-0.15, -0.1) is 0 Å². The van der Waals surface area contributed by atoms with Gasteiger partial charge in [-0.1, -0.05) is 32.0 Å². The molecule has 1 heterocycles. The number of fused-ring (bicyclic) bond motifs is 1. The highest BCUT2D eigenvalue weighted by atomic mass is 16.1. The average Bonchev–Trinajstić information content (AvgIpc) is 2.28. The van der Waals surface area contributed by atoms with Gasteiger partial charge in [-0.2, -0.15) is 0 Å². The highest BCUT2D eigenvalue weighted by Crippen LogP contribution is 2.21. The number of rotatable bonds is 2. The van der Waals surface area contributed by atoms with Crippen molar-refractivity contribution in [2.24, 2.45) is 5.73 Å². The number of H-pyrrole nitrogens is 1. The molecule has 2 rings (SSSR count). The third-order valence-corrected chi connectivity index (χ3v) is 2.99. The van der Waals surface area contributed by atoms with Gasteiger partial charge in [0, 0.05) is 23.0 Å². The number of aromatic amines is 1. The Balaban J connectivity index is 2.73. The van der Waals surface area contributed by atoms with Crippen molar-refractivity contribution in [3.05, 3.63) is 46.2 Å². The van der Waals surface area contributed by atoms with Crippen molar-refractivity contribution in [1.82, 2.24) is 4.98 Å². The molecule has 1 aromatic heterocycles. The molecular formula is C13H16N2O. The molecular weight excluding hydrogens is 200 g/mol. The second-order valence-corrected chi connectivity index (χ2v) is 4.69. The zero-order valence-corrected chi connectivity index (χ0v) is 9.58. The van der Waals surface area contributed by atoms with Crippen LogP contribution in [0.4, 0.5) is 0 Å². The van der Waals surface area contributed by atoms with Crippen molar-refractivity contribution in [2.45, 2.75) is 19.3 Å². The fourth-order valence-electron chi connectivity index (χ4n) is 1.76. The minimum absolute atomic E-state index is 0.0471. The molecule has 0 aliphatic carbocycles. The Morgan fingerprint density at radius 2 is 2.00 bits per heavy atom. The van der Waals surface area contributed by atoms with Crippen LogP contribution in [0.2, 0.25) is 0 Å². The first-order valence-electron chi connectivity index (χ1n) is 5.37. The first-order chi connectivity index (χ1) is 7.54. The fraction of sp³-hybridized carbons (Fsp3) is 0.308. The van der Waals surface area contributed by atoms with E-state index in [1.54, 1.807) is 0 Å².